The second-order valence-electron chi connectivity index (χ2n) is 2.23. The van der Waals surface area contributed by atoms with E-state index in [9.17, 15) is 4.39 Å². The van der Waals surface area contributed by atoms with E-state index in [0.29, 0.717) is 5.95 Å². The molecule has 0 amide bonds. The van der Waals surface area contributed by atoms with Crippen LogP contribution in [0.4, 0.5) is 10.3 Å². The smallest absolute Gasteiger partial charge is 0.222 e. The fourth-order valence-corrected chi connectivity index (χ4v) is 0.690. The van der Waals surface area contributed by atoms with Gasteiger partial charge >= 0.3 is 0 Å². The average Bonchev–Trinajstić information content (AvgIpc) is 2.09. The third-order valence-electron chi connectivity index (χ3n) is 1.25. The van der Waals surface area contributed by atoms with E-state index < -0.39 is 5.82 Å². The van der Waals surface area contributed by atoms with Crippen molar-refractivity contribution in [2.75, 3.05) is 11.9 Å². The molecule has 0 bridgehead atoms. The van der Waals surface area contributed by atoms with E-state index >= 15 is 0 Å². The minimum atomic E-state index is -0.427. The third kappa shape index (κ3) is 2.65. The van der Waals surface area contributed by atoms with E-state index in [1.54, 1.807) is 6.08 Å². The second-order valence-corrected chi connectivity index (χ2v) is 2.23. The highest BCUT2D eigenvalue weighted by atomic mass is 19.1. The predicted molar refractivity (Wildman–Crippen MR) is 45.3 cm³/mol. The Balaban J connectivity index is 2.42. The number of halogens is 1. The van der Waals surface area contributed by atoms with E-state index in [1.807, 2.05) is 0 Å². The lowest BCUT2D eigenvalue weighted by atomic mass is 10.4. The van der Waals surface area contributed by atoms with Gasteiger partial charge in [-0.05, 0) is 6.42 Å². The van der Waals surface area contributed by atoms with Crippen LogP contribution in [0, 0.1) is 5.82 Å². The summed E-state index contributed by atoms with van der Waals surface area (Å²) in [5, 5.41) is 2.91. The van der Waals surface area contributed by atoms with Crippen molar-refractivity contribution in [1.82, 2.24) is 9.97 Å². The van der Waals surface area contributed by atoms with Gasteiger partial charge in [0.15, 0.2) is 5.82 Å². The quantitative estimate of drug-likeness (QED) is 0.546. The van der Waals surface area contributed by atoms with Gasteiger partial charge in [0.1, 0.15) is 0 Å². The zero-order chi connectivity index (χ0) is 8.81. The fraction of sp³-hybridized carbons (Fsp3) is 0.250. The second kappa shape index (κ2) is 4.43. The van der Waals surface area contributed by atoms with Crippen LogP contribution in [-0.2, 0) is 0 Å². The Morgan fingerprint density at radius 1 is 1.50 bits per heavy atom. The number of anilines is 1. The van der Waals surface area contributed by atoms with Crippen LogP contribution in [-0.4, -0.2) is 16.5 Å². The fourth-order valence-electron chi connectivity index (χ4n) is 0.690. The molecule has 0 aliphatic carbocycles. The van der Waals surface area contributed by atoms with Crippen molar-refractivity contribution < 1.29 is 4.39 Å². The molecule has 1 aromatic rings. The highest BCUT2D eigenvalue weighted by Gasteiger charge is 1.93. The summed E-state index contributed by atoms with van der Waals surface area (Å²) < 4.78 is 12.3. The summed E-state index contributed by atoms with van der Waals surface area (Å²) in [6.07, 6.45) is 4.88. The van der Waals surface area contributed by atoms with E-state index in [4.69, 9.17) is 0 Å². The van der Waals surface area contributed by atoms with Crippen molar-refractivity contribution >= 4 is 5.95 Å². The molecule has 0 aliphatic rings. The topological polar surface area (TPSA) is 37.8 Å². The first kappa shape index (κ1) is 8.64. The molecule has 0 fully saturated rings. The molecule has 4 heteroatoms. The van der Waals surface area contributed by atoms with Gasteiger partial charge in [-0.25, -0.2) is 14.4 Å². The van der Waals surface area contributed by atoms with E-state index in [2.05, 4.69) is 21.9 Å². The number of hydrogen-bond donors (Lipinski definition) is 1. The number of nitrogens with one attached hydrogen (secondary N) is 1. The van der Waals surface area contributed by atoms with Gasteiger partial charge in [0, 0.05) is 6.54 Å². The summed E-state index contributed by atoms with van der Waals surface area (Å²) in [6.45, 7) is 4.28. The normalized spacial score (nSPS) is 9.42. The number of rotatable bonds is 4. The van der Waals surface area contributed by atoms with Crippen LogP contribution in [0.15, 0.2) is 25.0 Å². The molecule has 0 radical (unpaired) electrons. The van der Waals surface area contributed by atoms with Gasteiger partial charge in [0.2, 0.25) is 5.95 Å². The molecule has 0 aliphatic heterocycles. The van der Waals surface area contributed by atoms with Gasteiger partial charge < -0.3 is 5.32 Å². The van der Waals surface area contributed by atoms with E-state index in [1.165, 1.54) is 0 Å². The maximum absolute atomic E-state index is 12.3. The molecule has 0 atom stereocenters. The van der Waals surface area contributed by atoms with Crippen LogP contribution in [0.2, 0.25) is 0 Å². The van der Waals surface area contributed by atoms with Crippen molar-refractivity contribution in [2.24, 2.45) is 0 Å². The number of hydrogen-bond acceptors (Lipinski definition) is 3. The lowest BCUT2D eigenvalue weighted by molar-refractivity contribution is 0.614. The molecule has 1 heterocycles. The molecular weight excluding hydrogens is 157 g/mol. The maximum Gasteiger partial charge on any atom is 0.222 e. The summed E-state index contributed by atoms with van der Waals surface area (Å²) in [5.41, 5.74) is 0. The molecule has 1 aromatic heterocycles. The highest BCUT2D eigenvalue weighted by Crippen LogP contribution is 1.97. The van der Waals surface area contributed by atoms with Gasteiger partial charge in [-0.15, -0.1) is 6.58 Å². The summed E-state index contributed by atoms with van der Waals surface area (Å²) in [5.74, 6) is 0.0162. The third-order valence-corrected chi connectivity index (χ3v) is 1.25. The van der Waals surface area contributed by atoms with Crippen LogP contribution >= 0.6 is 0 Å². The largest absolute Gasteiger partial charge is 0.354 e. The zero-order valence-corrected chi connectivity index (χ0v) is 6.63. The molecule has 64 valence electrons. The summed E-state index contributed by atoms with van der Waals surface area (Å²) in [4.78, 5) is 7.44. The first-order valence-electron chi connectivity index (χ1n) is 3.65. The summed E-state index contributed by atoms with van der Waals surface area (Å²) in [6, 6.07) is 0. The molecule has 0 saturated carbocycles. The van der Waals surface area contributed by atoms with E-state index in [0.717, 1.165) is 25.4 Å². The maximum atomic E-state index is 12.3. The minimum absolute atomic E-state index is 0.427. The molecule has 12 heavy (non-hydrogen) atoms. The van der Waals surface area contributed by atoms with E-state index in [-0.39, 0.29) is 0 Å². The lowest BCUT2D eigenvalue weighted by Crippen LogP contribution is -2.04. The Hall–Kier alpha value is -1.45. The van der Waals surface area contributed by atoms with Crippen LogP contribution in [0.5, 0.6) is 0 Å². The Morgan fingerprint density at radius 3 is 2.75 bits per heavy atom. The zero-order valence-electron chi connectivity index (χ0n) is 6.63. The average molecular weight is 167 g/mol. The Bertz CT molecular complexity index is 245. The molecule has 1 N–H and O–H groups in total. The predicted octanol–water partition coefficient (Wildman–Crippen LogP) is 1.60. The van der Waals surface area contributed by atoms with Crippen LogP contribution in [0.3, 0.4) is 0 Å². The molecule has 0 unspecified atom stereocenters. The van der Waals surface area contributed by atoms with Crippen molar-refractivity contribution in [3.8, 4) is 0 Å². The van der Waals surface area contributed by atoms with Gasteiger partial charge in [0.25, 0.3) is 0 Å². The molecule has 0 spiro atoms. The van der Waals surface area contributed by atoms with Crippen LogP contribution in [0.25, 0.3) is 0 Å². The Kier molecular flexibility index (Phi) is 3.19. The van der Waals surface area contributed by atoms with Gasteiger partial charge in [-0.2, -0.15) is 0 Å². The Morgan fingerprint density at radius 2 is 2.17 bits per heavy atom. The van der Waals surface area contributed by atoms with Crippen molar-refractivity contribution in [3.05, 3.63) is 30.9 Å². The first-order valence-corrected chi connectivity index (χ1v) is 3.65. The standard InChI is InChI=1S/C8H10FN3/c1-2-3-4-10-8-11-5-7(9)6-12-8/h2,5-6H,1,3-4H2,(H,10,11,12). The monoisotopic (exact) mass is 167 g/mol. The SMILES string of the molecule is C=CCCNc1ncc(F)cn1. The van der Waals surface area contributed by atoms with Crippen molar-refractivity contribution in [1.29, 1.82) is 0 Å². The minimum Gasteiger partial charge on any atom is -0.354 e. The summed E-state index contributed by atoms with van der Waals surface area (Å²) >= 11 is 0. The number of aromatic nitrogens is 2. The molecular formula is C8H10FN3. The number of nitrogens with zero attached hydrogens (tertiary/aromatic N) is 2. The van der Waals surface area contributed by atoms with Gasteiger partial charge in [-0.1, -0.05) is 6.08 Å². The summed E-state index contributed by atoms with van der Waals surface area (Å²) in [7, 11) is 0. The highest BCUT2D eigenvalue weighted by molar-refractivity contribution is 5.22. The van der Waals surface area contributed by atoms with Crippen molar-refractivity contribution in [3.63, 3.8) is 0 Å². The lowest BCUT2D eigenvalue weighted by Gasteiger charge is -2.00. The van der Waals surface area contributed by atoms with Crippen LogP contribution in [0.1, 0.15) is 6.42 Å². The molecule has 1 rings (SSSR count). The first-order chi connectivity index (χ1) is 5.83. The van der Waals surface area contributed by atoms with Gasteiger partial charge in [0.05, 0.1) is 12.4 Å². The molecule has 3 nitrogen and oxygen atoms in total. The molecule has 0 saturated heterocycles. The van der Waals surface area contributed by atoms with Gasteiger partial charge in [-0.3, -0.25) is 0 Å². The van der Waals surface area contributed by atoms with Crippen LogP contribution < -0.4 is 5.32 Å². The Labute approximate surface area is 70.4 Å². The molecule has 0 aromatic carbocycles. The van der Waals surface area contributed by atoms with Crippen molar-refractivity contribution in [2.45, 2.75) is 6.42 Å².